The summed E-state index contributed by atoms with van der Waals surface area (Å²) in [7, 11) is 1.38. The highest BCUT2D eigenvalue weighted by Gasteiger charge is 2.56. The second kappa shape index (κ2) is 2.06. The second-order valence-corrected chi connectivity index (χ2v) is 3.32. The lowest BCUT2D eigenvalue weighted by molar-refractivity contribution is -0.154. The molecule has 60 valence electrons. The molecule has 3 aliphatic rings. The largest absolute Gasteiger partial charge is 0.469 e. The van der Waals surface area contributed by atoms with E-state index < -0.39 is 0 Å². The number of fused-ring (bicyclic) bond motifs is 1. The minimum Gasteiger partial charge on any atom is -0.469 e. The fourth-order valence-electron chi connectivity index (χ4n) is 2.20. The van der Waals surface area contributed by atoms with Crippen molar-refractivity contribution in [2.75, 3.05) is 7.11 Å². The molecule has 0 spiro atoms. The van der Waals surface area contributed by atoms with E-state index in [0.717, 1.165) is 6.42 Å². The van der Waals surface area contributed by atoms with Gasteiger partial charge >= 0.3 is 5.97 Å². The lowest BCUT2D eigenvalue weighted by Gasteiger charge is -2.31. The molecule has 3 atom stereocenters. The van der Waals surface area contributed by atoms with E-state index >= 15 is 0 Å². The Labute approximate surface area is 64.7 Å². The molecule has 0 amide bonds. The van der Waals surface area contributed by atoms with Gasteiger partial charge in [0.1, 0.15) is 5.78 Å². The zero-order valence-electron chi connectivity index (χ0n) is 6.37. The summed E-state index contributed by atoms with van der Waals surface area (Å²) in [5.74, 6) is 0.280. The van der Waals surface area contributed by atoms with E-state index in [2.05, 4.69) is 4.74 Å². The van der Waals surface area contributed by atoms with Crippen molar-refractivity contribution in [3.63, 3.8) is 0 Å². The number of carbonyl (C=O) groups is 2. The Kier molecular flexibility index (Phi) is 1.28. The van der Waals surface area contributed by atoms with Gasteiger partial charge in [0.05, 0.1) is 13.0 Å². The van der Waals surface area contributed by atoms with Gasteiger partial charge in [0, 0.05) is 12.3 Å². The smallest absolute Gasteiger partial charge is 0.309 e. The molecule has 3 rings (SSSR count). The van der Waals surface area contributed by atoms with Crippen LogP contribution in [-0.4, -0.2) is 18.9 Å². The van der Waals surface area contributed by atoms with Crippen LogP contribution in [0.25, 0.3) is 0 Å². The number of esters is 1. The summed E-state index contributed by atoms with van der Waals surface area (Å²) in [5.41, 5.74) is 0. The van der Waals surface area contributed by atoms with Crippen molar-refractivity contribution in [2.24, 2.45) is 17.8 Å². The second-order valence-electron chi connectivity index (χ2n) is 3.32. The van der Waals surface area contributed by atoms with Gasteiger partial charge in [0.25, 0.3) is 0 Å². The Morgan fingerprint density at radius 2 is 2.36 bits per heavy atom. The van der Waals surface area contributed by atoms with Gasteiger partial charge in [-0.2, -0.15) is 0 Å². The number of hydrogen-bond donors (Lipinski definition) is 0. The van der Waals surface area contributed by atoms with E-state index in [0.29, 0.717) is 12.3 Å². The monoisotopic (exact) mass is 154 g/mol. The van der Waals surface area contributed by atoms with Crippen molar-refractivity contribution >= 4 is 11.8 Å². The fourth-order valence-corrected chi connectivity index (χ4v) is 2.20. The maximum Gasteiger partial charge on any atom is 0.309 e. The summed E-state index contributed by atoms with van der Waals surface area (Å²) in [6.07, 6.45) is 1.52. The molecule has 0 N–H and O–H groups in total. The van der Waals surface area contributed by atoms with Gasteiger partial charge in [-0.25, -0.2) is 0 Å². The zero-order chi connectivity index (χ0) is 8.01. The van der Waals surface area contributed by atoms with Crippen LogP contribution >= 0.6 is 0 Å². The average Bonchev–Trinajstić information content (AvgIpc) is 2.43. The van der Waals surface area contributed by atoms with E-state index in [4.69, 9.17) is 0 Å². The molecular weight excluding hydrogens is 144 g/mol. The van der Waals surface area contributed by atoms with Gasteiger partial charge in [0.2, 0.25) is 0 Å². The van der Waals surface area contributed by atoms with Crippen LogP contribution in [0.3, 0.4) is 0 Å². The quantitative estimate of drug-likeness (QED) is 0.513. The minimum absolute atomic E-state index is 0.00690. The van der Waals surface area contributed by atoms with Crippen LogP contribution in [0.5, 0.6) is 0 Å². The lowest BCUT2D eigenvalue weighted by atomic mass is 9.72. The molecule has 3 heteroatoms. The van der Waals surface area contributed by atoms with Crippen molar-refractivity contribution in [3.8, 4) is 0 Å². The fraction of sp³-hybridized carbons (Fsp3) is 0.750. The first-order valence-electron chi connectivity index (χ1n) is 3.84. The molecular formula is C8H10O3. The minimum atomic E-state index is -0.197. The molecule has 3 aliphatic carbocycles. The number of rotatable bonds is 1. The third-order valence-electron chi connectivity index (χ3n) is 2.85. The van der Waals surface area contributed by atoms with Crippen molar-refractivity contribution in [2.45, 2.75) is 12.8 Å². The third-order valence-corrected chi connectivity index (χ3v) is 2.85. The molecule has 3 saturated carbocycles. The maximum absolute atomic E-state index is 11.0. The van der Waals surface area contributed by atoms with E-state index in [1.165, 1.54) is 7.11 Å². The topological polar surface area (TPSA) is 43.4 Å². The van der Waals surface area contributed by atoms with Crippen LogP contribution in [-0.2, 0) is 14.3 Å². The molecule has 3 nitrogen and oxygen atoms in total. The first-order valence-corrected chi connectivity index (χ1v) is 3.84. The maximum atomic E-state index is 11.0. The van der Waals surface area contributed by atoms with Gasteiger partial charge < -0.3 is 4.74 Å². The number of ketones is 1. The van der Waals surface area contributed by atoms with E-state index in [-0.39, 0.29) is 23.6 Å². The van der Waals surface area contributed by atoms with Gasteiger partial charge in [-0.05, 0) is 12.3 Å². The van der Waals surface area contributed by atoms with E-state index in [9.17, 15) is 9.59 Å². The summed E-state index contributed by atoms with van der Waals surface area (Å²) >= 11 is 0. The highest BCUT2D eigenvalue weighted by molar-refractivity contribution is 5.93. The number of methoxy groups -OCH3 is 1. The molecule has 2 bridgehead atoms. The molecule has 3 unspecified atom stereocenters. The number of hydrogen-bond acceptors (Lipinski definition) is 3. The van der Waals surface area contributed by atoms with Gasteiger partial charge in [0.15, 0.2) is 0 Å². The predicted molar refractivity (Wildman–Crippen MR) is 36.7 cm³/mol. The first-order chi connectivity index (χ1) is 5.24. The SMILES string of the molecule is COC(=O)C1C2CC(=O)C1C2. The highest BCUT2D eigenvalue weighted by atomic mass is 16.5. The van der Waals surface area contributed by atoms with Crippen molar-refractivity contribution < 1.29 is 14.3 Å². The molecule has 3 fully saturated rings. The Hall–Kier alpha value is -0.860. The number of carbonyl (C=O) groups excluding carboxylic acids is 2. The van der Waals surface area contributed by atoms with Crippen molar-refractivity contribution in [3.05, 3.63) is 0 Å². The molecule has 0 aromatic heterocycles. The summed E-state index contributed by atoms with van der Waals surface area (Å²) in [5, 5.41) is 0. The summed E-state index contributed by atoms with van der Waals surface area (Å²) in [4.78, 5) is 22.1. The lowest BCUT2D eigenvalue weighted by Crippen LogP contribution is -2.37. The molecule has 0 radical (unpaired) electrons. The molecule has 11 heavy (non-hydrogen) atoms. The average molecular weight is 154 g/mol. The number of Topliss-reactive ketones (excluding diaryl/α,β-unsaturated/α-hetero) is 1. The van der Waals surface area contributed by atoms with Crippen molar-refractivity contribution in [1.82, 2.24) is 0 Å². The Morgan fingerprint density at radius 3 is 2.73 bits per heavy atom. The zero-order valence-corrected chi connectivity index (χ0v) is 6.37. The van der Waals surface area contributed by atoms with Crippen LogP contribution in [0, 0.1) is 17.8 Å². The molecule has 0 aromatic rings. The summed E-state index contributed by atoms with van der Waals surface area (Å²) in [6, 6.07) is 0. The van der Waals surface area contributed by atoms with Gasteiger partial charge in [-0.1, -0.05) is 0 Å². The Balaban J connectivity index is 2.10. The molecule has 0 aromatic carbocycles. The van der Waals surface area contributed by atoms with Crippen LogP contribution in [0.15, 0.2) is 0 Å². The molecule has 0 saturated heterocycles. The molecule has 0 aliphatic heterocycles. The summed E-state index contributed by atoms with van der Waals surface area (Å²) < 4.78 is 4.59. The van der Waals surface area contributed by atoms with Gasteiger partial charge in [-0.3, -0.25) is 9.59 Å². The van der Waals surface area contributed by atoms with Crippen LogP contribution in [0.2, 0.25) is 0 Å². The first kappa shape index (κ1) is 6.83. The van der Waals surface area contributed by atoms with Crippen LogP contribution in [0.1, 0.15) is 12.8 Å². The van der Waals surface area contributed by atoms with E-state index in [1.807, 2.05) is 0 Å². The molecule has 0 heterocycles. The normalized spacial score (nSPS) is 40.1. The summed E-state index contributed by atoms with van der Waals surface area (Å²) in [6.45, 7) is 0. The predicted octanol–water partition coefficient (Wildman–Crippen LogP) is 0.384. The Morgan fingerprint density at radius 1 is 1.64 bits per heavy atom. The Bertz CT molecular complexity index is 221. The number of ether oxygens (including phenoxy) is 1. The highest BCUT2D eigenvalue weighted by Crippen LogP contribution is 2.51. The van der Waals surface area contributed by atoms with Crippen molar-refractivity contribution in [1.29, 1.82) is 0 Å². The van der Waals surface area contributed by atoms with E-state index in [1.54, 1.807) is 0 Å². The third kappa shape index (κ3) is 0.737. The van der Waals surface area contributed by atoms with Gasteiger partial charge in [-0.15, -0.1) is 0 Å². The standard InChI is InChI=1S/C8H10O3/c1-11-8(10)7-4-2-5(7)6(9)3-4/h4-5,7H,2-3H2,1H3. The van der Waals surface area contributed by atoms with Crippen LogP contribution in [0.4, 0.5) is 0 Å². The van der Waals surface area contributed by atoms with Crippen LogP contribution < -0.4 is 0 Å².